The van der Waals surface area contributed by atoms with Crippen molar-refractivity contribution in [2.75, 3.05) is 18.0 Å². The number of amides is 1. The van der Waals surface area contributed by atoms with Gasteiger partial charge in [0.25, 0.3) is 0 Å². The number of aliphatic hydroxyl groups excluding tert-OH is 1. The van der Waals surface area contributed by atoms with E-state index >= 15 is 0 Å². The number of β-amino-alcohol motifs (C(OH)–C–C–N with tert-alkyl or cyclic N) is 1. The van der Waals surface area contributed by atoms with E-state index in [1.165, 1.54) is 4.90 Å². The highest BCUT2D eigenvalue weighted by Crippen LogP contribution is 2.28. The molecule has 1 saturated heterocycles. The SMILES string of the molecule is O=C(O)N[C@@H]1CCN(c2ncc(C(F)(F)F)cn2)C[C@H]1O. The number of hydrogen-bond acceptors (Lipinski definition) is 5. The summed E-state index contributed by atoms with van der Waals surface area (Å²) in [6, 6.07) is -0.617. The predicted molar refractivity (Wildman–Crippen MR) is 64.8 cm³/mol. The Bertz CT molecular complexity index is 508. The Kier molecular flexibility index (Phi) is 4.16. The van der Waals surface area contributed by atoms with E-state index in [0.717, 1.165) is 0 Å². The molecule has 0 unspecified atom stereocenters. The summed E-state index contributed by atoms with van der Waals surface area (Å²) in [5.74, 6) is 0.0656. The number of piperidine rings is 1. The molecule has 7 nitrogen and oxygen atoms in total. The van der Waals surface area contributed by atoms with Crippen LogP contribution in [0.4, 0.5) is 23.9 Å². The number of aliphatic hydroxyl groups is 1. The number of nitrogens with zero attached hydrogens (tertiary/aromatic N) is 3. The Morgan fingerprint density at radius 2 is 2.00 bits per heavy atom. The zero-order chi connectivity index (χ0) is 15.6. The first kappa shape index (κ1) is 15.3. The average molecular weight is 306 g/mol. The van der Waals surface area contributed by atoms with Crippen LogP contribution in [0.3, 0.4) is 0 Å². The third-order valence-corrected chi connectivity index (χ3v) is 3.14. The molecule has 1 aliphatic rings. The van der Waals surface area contributed by atoms with Crippen LogP contribution >= 0.6 is 0 Å². The second kappa shape index (κ2) is 5.72. The first-order chi connectivity index (χ1) is 9.77. The first-order valence-corrected chi connectivity index (χ1v) is 6.09. The molecule has 0 radical (unpaired) electrons. The van der Waals surface area contributed by atoms with E-state index in [4.69, 9.17) is 5.11 Å². The fourth-order valence-corrected chi connectivity index (χ4v) is 2.07. The number of hydrogen-bond donors (Lipinski definition) is 3. The highest BCUT2D eigenvalue weighted by molar-refractivity contribution is 5.65. The normalized spacial score (nSPS) is 23.0. The van der Waals surface area contributed by atoms with Gasteiger partial charge in [0.2, 0.25) is 5.95 Å². The van der Waals surface area contributed by atoms with Crippen molar-refractivity contribution < 1.29 is 28.2 Å². The smallest absolute Gasteiger partial charge is 0.419 e. The molecule has 2 atom stereocenters. The van der Waals surface area contributed by atoms with Gasteiger partial charge in [-0.05, 0) is 6.42 Å². The van der Waals surface area contributed by atoms with Crippen LogP contribution in [0.2, 0.25) is 0 Å². The van der Waals surface area contributed by atoms with Crippen LogP contribution in [0.5, 0.6) is 0 Å². The van der Waals surface area contributed by atoms with Crippen molar-refractivity contribution in [1.29, 1.82) is 0 Å². The quantitative estimate of drug-likeness (QED) is 0.744. The molecule has 21 heavy (non-hydrogen) atoms. The van der Waals surface area contributed by atoms with Crippen molar-refractivity contribution in [2.24, 2.45) is 0 Å². The van der Waals surface area contributed by atoms with Crippen molar-refractivity contribution in [3.8, 4) is 0 Å². The molecular weight excluding hydrogens is 293 g/mol. The van der Waals surface area contributed by atoms with Crippen LogP contribution in [0.1, 0.15) is 12.0 Å². The number of aromatic nitrogens is 2. The first-order valence-electron chi connectivity index (χ1n) is 6.09. The molecule has 10 heteroatoms. The van der Waals surface area contributed by atoms with Crippen molar-refractivity contribution >= 4 is 12.0 Å². The predicted octanol–water partition coefficient (Wildman–Crippen LogP) is 0.703. The van der Waals surface area contributed by atoms with Gasteiger partial charge >= 0.3 is 12.3 Å². The van der Waals surface area contributed by atoms with E-state index in [-0.39, 0.29) is 12.5 Å². The maximum Gasteiger partial charge on any atom is 0.419 e. The van der Waals surface area contributed by atoms with Gasteiger partial charge in [0.1, 0.15) is 0 Å². The van der Waals surface area contributed by atoms with Crippen LogP contribution in [-0.2, 0) is 6.18 Å². The number of carboxylic acid groups (broad SMARTS) is 1. The number of halogens is 3. The van der Waals surface area contributed by atoms with E-state index in [0.29, 0.717) is 25.4 Å². The van der Waals surface area contributed by atoms with Crippen molar-refractivity contribution in [3.63, 3.8) is 0 Å². The van der Waals surface area contributed by atoms with Gasteiger partial charge in [-0.1, -0.05) is 0 Å². The number of anilines is 1. The summed E-state index contributed by atoms with van der Waals surface area (Å²) in [7, 11) is 0. The molecular formula is C11H13F3N4O3. The standard InChI is InChI=1S/C11H13F3N4O3/c12-11(13,14)6-3-15-9(16-4-6)18-2-1-7(8(19)5-18)17-10(20)21/h3-4,7-8,17,19H,1-2,5H2,(H,20,21)/t7-,8-/m1/s1. The van der Waals surface area contributed by atoms with Crippen molar-refractivity contribution in [2.45, 2.75) is 24.7 Å². The lowest BCUT2D eigenvalue weighted by molar-refractivity contribution is -0.138. The number of rotatable bonds is 2. The number of alkyl halides is 3. The second-order valence-corrected chi connectivity index (χ2v) is 4.63. The Hall–Kier alpha value is -2.10. The van der Waals surface area contributed by atoms with Gasteiger partial charge < -0.3 is 20.4 Å². The van der Waals surface area contributed by atoms with Crippen LogP contribution in [0.25, 0.3) is 0 Å². The zero-order valence-corrected chi connectivity index (χ0v) is 10.7. The average Bonchev–Trinajstić information content (AvgIpc) is 2.40. The van der Waals surface area contributed by atoms with Gasteiger partial charge in [-0.2, -0.15) is 13.2 Å². The highest BCUT2D eigenvalue weighted by atomic mass is 19.4. The monoisotopic (exact) mass is 306 g/mol. The molecule has 2 heterocycles. The summed E-state index contributed by atoms with van der Waals surface area (Å²) in [5, 5.41) is 20.6. The summed E-state index contributed by atoms with van der Waals surface area (Å²) in [6.45, 7) is 0.365. The van der Waals surface area contributed by atoms with Gasteiger partial charge in [0.05, 0.1) is 17.7 Å². The molecule has 3 N–H and O–H groups in total. The highest BCUT2D eigenvalue weighted by Gasteiger charge is 2.33. The minimum Gasteiger partial charge on any atom is -0.465 e. The molecule has 116 valence electrons. The minimum absolute atomic E-state index is 0.0380. The Morgan fingerprint density at radius 3 is 2.48 bits per heavy atom. The fourth-order valence-electron chi connectivity index (χ4n) is 2.07. The number of nitrogens with one attached hydrogen (secondary N) is 1. The molecule has 1 aromatic heterocycles. The molecule has 1 aliphatic heterocycles. The molecule has 1 amide bonds. The minimum atomic E-state index is -4.50. The molecule has 0 aliphatic carbocycles. The number of carbonyl (C=O) groups is 1. The molecule has 1 aromatic rings. The largest absolute Gasteiger partial charge is 0.465 e. The lowest BCUT2D eigenvalue weighted by Crippen LogP contribution is -2.54. The van der Waals surface area contributed by atoms with Crippen molar-refractivity contribution in [1.82, 2.24) is 15.3 Å². The lowest BCUT2D eigenvalue weighted by Gasteiger charge is -2.35. The van der Waals surface area contributed by atoms with Crippen LogP contribution < -0.4 is 10.2 Å². The van der Waals surface area contributed by atoms with Gasteiger partial charge in [0, 0.05) is 25.5 Å². The second-order valence-electron chi connectivity index (χ2n) is 4.63. The summed E-state index contributed by atoms with van der Waals surface area (Å²) in [5.41, 5.74) is -0.950. The van der Waals surface area contributed by atoms with E-state index in [2.05, 4.69) is 15.3 Å². The molecule has 0 bridgehead atoms. The third kappa shape index (κ3) is 3.72. The maximum absolute atomic E-state index is 12.4. The van der Waals surface area contributed by atoms with Crippen LogP contribution in [-0.4, -0.2) is 51.5 Å². The maximum atomic E-state index is 12.4. The van der Waals surface area contributed by atoms with E-state index < -0.39 is 30.0 Å². The summed E-state index contributed by atoms with van der Waals surface area (Å²) < 4.78 is 37.2. The summed E-state index contributed by atoms with van der Waals surface area (Å²) in [6.07, 6.45) is -5.07. The lowest BCUT2D eigenvalue weighted by atomic mass is 10.0. The summed E-state index contributed by atoms with van der Waals surface area (Å²) >= 11 is 0. The Balaban J connectivity index is 2.02. The van der Waals surface area contributed by atoms with E-state index in [1.54, 1.807) is 0 Å². The van der Waals surface area contributed by atoms with Crippen molar-refractivity contribution in [3.05, 3.63) is 18.0 Å². The molecule has 0 saturated carbocycles. The zero-order valence-electron chi connectivity index (χ0n) is 10.7. The topological polar surface area (TPSA) is 98.6 Å². The van der Waals surface area contributed by atoms with Crippen LogP contribution in [0, 0.1) is 0 Å². The third-order valence-electron chi connectivity index (χ3n) is 3.14. The van der Waals surface area contributed by atoms with Gasteiger partial charge in [-0.25, -0.2) is 14.8 Å². The molecule has 2 rings (SSSR count). The van der Waals surface area contributed by atoms with Gasteiger partial charge in [0.15, 0.2) is 0 Å². The van der Waals surface area contributed by atoms with Gasteiger partial charge in [-0.15, -0.1) is 0 Å². The van der Waals surface area contributed by atoms with E-state index in [9.17, 15) is 23.1 Å². The molecule has 1 fully saturated rings. The Labute approximate surface area is 117 Å². The summed E-state index contributed by atoms with van der Waals surface area (Å²) in [4.78, 5) is 19.3. The fraction of sp³-hybridized carbons (Fsp3) is 0.545. The van der Waals surface area contributed by atoms with E-state index in [1.807, 2.05) is 0 Å². The molecule has 0 spiro atoms. The van der Waals surface area contributed by atoms with Crippen LogP contribution in [0.15, 0.2) is 12.4 Å². The molecule has 0 aromatic carbocycles. The Morgan fingerprint density at radius 1 is 1.38 bits per heavy atom. The van der Waals surface area contributed by atoms with Gasteiger partial charge in [-0.3, -0.25) is 0 Å².